The first-order chi connectivity index (χ1) is 10.0. The van der Waals surface area contributed by atoms with Gasteiger partial charge in [0.15, 0.2) is 0 Å². The van der Waals surface area contributed by atoms with E-state index < -0.39 is 11.8 Å². The first kappa shape index (κ1) is 15.0. The van der Waals surface area contributed by atoms with Gasteiger partial charge in [-0.2, -0.15) is 0 Å². The van der Waals surface area contributed by atoms with Crippen LogP contribution in [0.3, 0.4) is 0 Å². The van der Waals surface area contributed by atoms with Crippen LogP contribution in [0.4, 0.5) is 10.1 Å². The SMILES string of the molecule is CCN(Cc1ccc(F)cc1C(=O)O)c1ccccc1C. The lowest BCUT2D eigenvalue weighted by Crippen LogP contribution is -2.24. The number of anilines is 1. The van der Waals surface area contributed by atoms with Crippen LogP contribution in [0.1, 0.15) is 28.4 Å². The molecule has 2 aromatic carbocycles. The Morgan fingerprint density at radius 3 is 2.57 bits per heavy atom. The number of rotatable bonds is 5. The van der Waals surface area contributed by atoms with Gasteiger partial charge in [0, 0.05) is 18.8 Å². The van der Waals surface area contributed by atoms with Gasteiger partial charge in [-0.15, -0.1) is 0 Å². The van der Waals surface area contributed by atoms with E-state index in [1.807, 2.05) is 38.1 Å². The third-order valence-electron chi connectivity index (χ3n) is 3.50. The number of nitrogens with zero attached hydrogens (tertiary/aromatic N) is 1. The van der Waals surface area contributed by atoms with Gasteiger partial charge in [0.05, 0.1) is 5.56 Å². The zero-order valence-electron chi connectivity index (χ0n) is 12.1. The number of carboxylic acid groups (broad SMARTS) is 1. The zero-order chi connectivity index (χ0) is 15.4. The quantitative estimate of drug-likeness (QED) is 0.907. The number of aromatic carboxylic acids is 1. The number of aryl methyl sites for hydroxylation is 1. The van der Waals surface area contributed by atoms with Crippen molar-refractivity contribution in [3.63, 3.8) is 0 Å². The predicted octanol–water partition coefficient (Wildman–Crippen LogP) is 3.86. The number of halogens is 1. The van der Waals surface area contributed by atoms with E-state index in [-0.39, 0.29) is 5.56 Å². The number of carboxylic acids is 1. The van der Waals surface area contributed by atoms with Crippen molar-refractivity contribution in [3.05, 3.63) is 65.0 Å². The molecule has 0 bridgehead atoms. The first-order valence-electron chi connectivity index (χ1n) is 6.85. The van der Waals surface area contributed by atoms with Gasteiger partial charge in [0.25, 0.3) is 0 Å². The van der Waals surface area contributed by atoms with Crippen LogP contribution < -0.4 is 4.90 Å². The number of hydrogen-bond donors (Lipinski definition) is 1. The monoisotopic (exact) mass is 287 g/mol. The molecular formula is C17H18FNO2. The lowest BCUT2D eigenvalue weighted by Gasteiger charge is -2.25. The second kappa shape index (κ2) is 6.39. The van der Waals surface area contributed by atoms with Crippen LogP contribution in [0.15, 0.2) is 42.5 Å². The van der Waals surface area contributed by atoms with Crippen LogP contribution in [0.25, 0.3) is 0 Å². The summed E-state index contributed by atoms with van der Waals surface area (Å²) in [6, 6.07) is 11.8. The van der Waals surface area contributed by atoms with Gasteiger partial charge in [-0.1, -0.05) is 24.3 Å². The first-order valence-corrected chi connectivity index (χ1v) is 6.85. The molecule has 0 heterocycles. The predicted molar refractivity (Wildman–Crippen MR) is 81.3 cm³/mol. The number of para-hydroxylation sites is 1. The molecule has 2 rings (SSSR count). The highest BCUT2D eigenvalue weighted by atomic mass is 19.1. The lowest BCUT2D eigenvalue weighted by atomic mass is 10.1. The average Bonchev–Trinajstić information content (AvgIpc) is 2.46. The molecule has 0 amide bonds. The lowest BCUT2D eigenvalue weighted by molar-refractivity contribution is 0.0695. The average molecular weight is 287 g/mol. The summed E-state index contributed by atoms with van der Waals surface area (Å²) in [5.74, 6) is -1.64. The third kappa shape index (κ3) is 3.40. The van der Waals surface area contributed by atoms with Gasteiger partial charge < -0.3 is 10.0 Å². The van der Waals surface area contributed by atoms with Crippen LogP contribution in [-0.4, -0.2) is 17.6 Å². The van der Waals surface area contributed by atoms with Gasteiger partial charge in [-0.05, 0) is 43.2 Å². The van der Waals surface area contributed by atoms with E-state index in [0.717, 1.165) is 23.9 Å². The molecule has 0 aliphatic carbocycles. The van der Waals surface area contributed by atoms with E-state index >= 15 is 0 Å². The molecule has 0 aromatic heterocycles. The molecule has 0 radical (unpaired) electrons. The van der Waals surface area contributed by atoms with Crippen LogP contribution in [0.2, 0.25) is 0 Å². The van der Waals surface area contributed by atoms with E-state index in [0.29, 0.717) is 12.1 Å². The summed E-state index contributed by atoms with van der Waals surface area (Å²) >= 11 is 0. The van der Waals surface area contributed by atoms with Crippen molar-refractivity contribution in [2.24, 2.45) is 0 Å². The molecule has 0 saturated carbocycles. The molecule has 0 aliphatic rings. The van der Waals surface area contributed by atoms with E-state index in [2.05, 4.69) is 4.90 Å². The van der Waals surface area contributed by atoms with Crippen LogP contribution in [0, 0.1) is 12.7 Å². The largest absolute Gasteiger partial charge is 0.478 e. The smallest absolute Gasteiger partial charge is 0.336 e. The Kier molecular flexibility index (Phi) is 4.58. The summed E-state index contributed by atoms with van der Waals surface area (Å²) in [6.07, 6.45) is 0. The van der Waals surface area contributed by atoms with Crippen molar-refractivity contribution in [1.82, 2.24) is 0 Å². The molecule has 0 spiro atoms. The molecule has 110 valence electrons. The summed E-state index contributed by atoms with van der Waals surface area (Å²) in [5.41, 5.74) is 2.80. The van der Waals surface area contributed by atoms with Gasteiger partial charge >= 0.3 is 5.97 Å². The second-order valence-corrected chi connectivity index (χ2v) is 4.91. The Bertz CT molecular complexity index is 655. The minimum absolute atomic E-state index is 0.0158. The molecule has 0 fully saturated rings. The highest BCUT2D eigenvalue weighted by molar-refractivity contribution is 5.89. The molecular weight excluding hydrogens is 269 g/mol. The van der Waals surface area contributed by atoms with Gasteiger partial charge in [-0.25, -0.2) is 9.18 Å². The fourth-order valence-electron chi connectivity index (χ4n) is 2.38. The van der Waals surface area contributed by atoms with Crippen LogP contribution >= 0.6 is 0 Å². The zero-order valence-corrected chi connectivity index (χ0v) is 12.1. The van der Waals surface area contributed by atoms with E-state index in [1.165, 1.54) is 6.07 Å². The molecule has 0 aliphatic heterocycles. The molecule has 0 unspecified atom stereocenters. The standard InChI is InChI=1S/C17H18FNO2/c1-3-19(16-7-5-4-6-12(16)2)11-13-8-9-14(18)10-15(13)17(20)21/h4-10H,3,11H2,1-2H3,(H,20,21). The van der Waals surface area contributed by atoms with E-state index in [4.69, 9.17) is 0 Å². The van der Waals surface area contributed by atoms with Gasteiger partial charge in [0.1, 0.15) is 5.82 Å². The fraction of sp³-hybridized carbons (Fsp3) is 0.235. The minimum Gasteiger partial charge on any atom is -0.478 e. The maximum atomic E-state index is 13.2. The van der Waals surface area contributed by atoms with Gasteiger partial charge in [0.2, 0.25) is 0 Å². The maximum absolute atomic E-state index is 13.2. The highest BCUT2D eigenvalue weighted by Gasteiger charge is 2.15. The molecule has 21 heavy (non-hydrogen) atoms. The Morgan fingerprint density at radius 2 is 1.95 bits per heavy atom. The summed E-state index contributed by atoms with van der Waals surface area (Å²) in [7, 11) is 0. The van der Waals surface area contributed by atoms with Crippen molar-refractivity contribution >= 4 is 11.7 Å². The summed E-state index contributed by atoms with van der Waals surface area (Å²) in [5, 5.41) is 9.22. The van der Waals surface area contributed by atoms with Crippen molar-refractivity contribution < 1.29 is 14.3 Å². The van der Waals surface area contributed by atoms with Crippen molar-refractivity contribution in [3.8, 4) is 0 Å². The number of hydrogen-bond acceptors (Lipinski definition) is 2. The molecule has 4 heteroatoms. The van der Waals surface area contributed by atoms with Crippen molar-refractivity contribution in [1.29, 1.82) is 0 Å². The highest BCUT2D eigenvalue weighted by Crippen LogP contribution is 2.23. The molecule has 2 aromatic rings. The van der Waals surface area contributed by atoms with Crippen molar-refractivity contribution in [2.75, 3.05) is 11.4 Å². The van der Waals surface area contributed by atoms with Crippen LogP contribution in [-0.2, 0) is 6.54 Å². The third-order valence-corrected chi connectivity index (χ3v) is 3.50. The summed E-state index contributed by atoms with van der Waals surface area (Å²) in [4.78, 5) is 13.3. The maximum Gasteiger partial charge on any atom is 0.336 e. The molecule has 1 N–H and O–H groups in total. The fourth-order valence-corrected chi connectivity index (χ4v) is 2.38. The van der Waals surface area contributed by atoms with Crippen molar-refractivity contribution in [2.45, 2.75) is 20.4 Å². The minimum atomic E-state index is -1.11. The van der Waals surface area contributed by atoms with Crippen LogP contribution in [0.5, 0.6) is 0 Å². The Balaban J connectivity index is 2.36. The Labute approximate surface area is 123 Å². The number of benzene rings is 2. The van der Waals surface area contributed by atoms with E-state index in [9.17, 15) is 14.3 Å². The van der Waals surface area contributed by atoms with Gasteiger partial charge in [-0.3, -0.25) is 0 Å². The second-order valence-electron chi connectivity index (χ2n) is 4.91. The summed E-state index contributed by atoms with van der Waals surface area (Å²) < 4.78 is 13.2. The van der Waals surface area contributed by atoms with E-state index in [1.54, 1.807) is 6.07 Å². The molecule has 0 saturated heterocycles. The number of carbonyl (C=O) groups is 1. The summed E-state index contributed by atoms with van der Waals surface area (Å²) in [6.45, 7) is 5.20. The topological polar surface area (TPSA) is 40.5 Å². The Hall–Kier alpha value is -2.36. The molecule has 0 atom stereocenters. The normalized spacial score (nSPS) is 10.4. The molecule has 3 nitrogen and oxygen atoms in total. The Morgan fingerprint density at radius 1 is 1.24 bits per heavy atom.